The van der Waals surface area contributed by atoms with E-state index in [1.54, 1.807) is 18.4 Å². The van der Waals surface area contributed by atoms with Gasteiger partial charge in [-0.05, 0) is 26.0 Å². The van der Waals surface area contributed by atoms with E-state index in [4.69, 9.17) is 4.74 Å². The SMILES string of the molecule is COCCNCc1nnc(-c2cc(C)cc(C)c2)s1. The van der Waals surface area contributed by atoms with Gasteiger partial charge < -0.3 is 10.1 Å². The molecule has 1 N–H and O–H groups in total. The van der Waals surface area contributed by atoms with Gasteiger partial charge in [0.05, 0.1) is 6.61 Å². The van der Waals surface area contributed by atoms with Crippen LogP contribution < -0.4 is 5.32 Å². The predicted octanol–water partition coefficient (Wildman–Crippen LogP) is 2.56. The Balaban J connectivity index is 2.03. The molecule has 5 heteroatoms. The van der Waals surface area contributed by atoms with Crippen LogP contribution in [0.25, 0.3) is 10.6 Å². The third-order valence-electron chi connectivity index (χ3n) is 2.69. The molecule has 0 radical (unpaired) electrons. The number of methoxy groups -OCH3 is 1. The first kappa shape index (κ1) is 14.1. The molecule has 0 aliphatic carbocycles. The second-order valence-corrected chi connectivity index (χ2v) is 5.61. The summed E-state index contributed by atoms with van der Waals surface area (Å²) in [4.78, 5) is 0. The number of nitrogens with one attached hydrogen (secondary N) is 1. The van der Waals surface area contributed by atoms with E-state index < -0.39 is 0 Å². The average Bonchev–Trinajstić information content (AvgIpc) is 2.82. The fourth-order valence-electron chi connectivity index (χ4n) is 1.91. The Labute approximate surface area is 117 Å². The third-order valence-corrected chi connectivity index (χ3v) is 3.67. The Morgan fingerprint density at radius 3 is 2.58 bits per heavy atom. The van der Waals surface area contributed by atoms with Crippen LogP contribution in [0.1, 0.15) is 16.1 Å². The van der Waals surface area contributed by atoms with Gasteiger partial charge in [0.15, 0.2) is 0 Å². The Morgan fingerprint density at radius 2 is 1.89 bits per heavy atom. The Bertz CT molecular complexity index is 519. The van der Waals surface area contributed by atoms with Gasteiger partial charge in [-0.15, -0.1) is 10.2 Å². The molecule has 19 heavy (non-hydrogen) atoms. The first-order chi connectivity index (χ1) is 9.19. The van der Waals surface area contributed by atoms with Crippen LogP contribution in [0.4, 0.5) is 0 Å². The van der Waals surface area contributed by atoms with Gasteiger partial charge >= 0.3 is 0 Å². The summed E-state index contributed by atoms with van der Waals surface area (Å²) in [5.74, 6) is 0. The predicted molar refractivity (Wildman–Crippen MR) is 78.4 cm³/mol. The topological polar surface area (TPSA) is 47.0 Å². The fourth-order valence-corrected chi connectivity index (χ4v) is 2.71. The quantitative estimate of drug-likeness (QED) is 0.824. The van der Waals surface area contributed by atoms with Crippen LogP contribution in [0, 0.1) is 13.8 Å². The zero-order valence-corrected chi connectivity index (χ0v) is 12.4. The lowest BCUT2D eigenvalue weighted by Gasteiger charge is -2.01. The molecule has 2 rings (SSSR count). The minimum atomic E-state index is 0.711. The molecule has 1 heterocycles. The Morgan fingerprint density at radius 1 is 1.16 bits per heavy atom. The van der Waals surface area contributed by atoms with Crippen molar-refractivity contribution in [3.63, 3.8) is 0 Å². The molecule has 0 saturated heterocycles. The molecule has 102 valence electrons. The first-order valence-electron chi connectivity index (χ1n) is 6.30. The lowest BCUT2D eigenvalue weighted by Crippen LogP contribution is -2.18. The van der Waals surface area contributed by atoms with Crippen molar-refractivity contribution in [2.24, 2.45) is 0 Å². The molecule has 0 atom stereocenters. The molecule has 4 nitrogen and oxygen atoms in total. The highest BCUT2D eigenvalue weighted by Gasteiger charge is 2.07. The summed E-state index contributed by atoms with van der Waals surface area (Å²) in [6.45, 7) is 6.49. The smallest absolute Gasteiger partial charge is 0.147 e. The Kier molecular flexibility index (Phi) is 5.01. The molecule has 0 fully saturated rings. The standard InChI is InChI=1S/C14H19N3OS/c1-10-6-11(2)8-12(7-10)14-17-16-13(19-14)9-15-4-5-18-3/h6-8,15H,4-5,9H2,1-3H3. The van der Waals surface area contributed by atoms with Gasteiger partial charge in [-0.2, -0.15) is 0 Å². The maximum absolute atomic E-state index is 4.99. The first-order valence-corrected chi connectivity index (χ1v) is 7.11. The molecule has 1 aromatic heterocycles. The van der Waals surface area contributed by atoms with E-state index in [1.165, 1.54) is 11.1 Å². The number of aromatic nitrogens is 2. The van der Waals surface area contributed by atoms with Gasteiger partial charge in [0, 0.05) is 25.8 Å². The van der Waals surface area contributed by atoms with E-state index in [0.717, 1.165) is 28.7 Å². The average molecular weight is 277 g/mol. The molecule has 1 aromatic carbocycles. The molecule has 0 saturated carbocycles. The van der Waals surface area contributed by atoms with Crippen LogP contribution >= 0.6 is 11.3 Å². The summed E-state index contributed by atoms with van der Waals surface area (Å²) in [6.07, 6.45) is 0. The van der Waals surface area contributed by atoms with Gasteiger partial charge in [-0.1, -0.05) is 28.5 Å². The molecule has 0 aliphatic heterocycles. The van der Waals surface area contributed by atoms with Crippen molar-refractivity contribution >= 4 is 11.3 Å². The number of hydrogen-bond acceptors (Lipinski definition) is 5. The van der Waals surface area contributed by atoms with E-state index in [2.05, 4.69) is 47.6 Å². The van der Waals surface area contributed by atoms with Gasteiger partial charge in [0.2, 0.25) is 0 Å². The monoisotopic (exact) mass is 277 g/mol. The number of hydrogen-bond donors (Lipinski definition) is 1. The van der Waals surface area contributed by atoms with Crippen molar-refractivity contribution in [1.29, 1.82) is 0 Å². The van der Waals surface area contributed by atoms with Crippen molar-refractivity contribution in [2.75, 3.05) is 20.3 Å². The lowest BCUT2D eigenvalue weighted by atomic mass is 10.1. The molecule has 0 unspecified atom stereocenters. The van der Waals surface area contributed by atoms with E-state index in [0.29, 0.717) is 6.61 Å². The summed E-state index contributed by atoms with van der Waals surface area (Å²) in [5, 5.41) is 13.7. The van der Waals surface area contributed by atoms with Gasteiger partial charge in [0.1, 0.15) is 10.0 Å². The van der Waals surface area contributed by atoms with Crippen LogP contribution in [0.3, 0.4) is 0 Å². The maximum atomic E-state index is 4.99. The van der Waals surface area contributed by atoms with E-state index in [-0.39, 0.29) is 0 Å². The second kappa shape index (κ2) is 6.75. The van der Waals surface area contributed by atoms with Crippen LogP contribution in [-0.2, 0) is 11.3 Å². The van der Waals surface area contributed by atoms with Crippen molar-refractivity contribution in [1.82, 2.24) is 15.5 Å². The van der Waals surface area contributed by atoms with Crippen molar-refractivity contribution in [3.8, 4) is 10.6 Å². The van der Waals surface area contributed by atoms with E-state index in [1.807, 2.05) is 0 Å². The number of rotatable bonds is 6. The molecular formula is C14H19N3OS. The summed E-state index contributed by atoms with van der Waals surface area (Å²) in [7, 11) is 1.70. The highest BCUT2D eigenvalue weighted by molar-refractivity contribution is 7.14. The number of aryl methyl sites for hydroxylation is 2. The maximum Gasteiger partial charge on any atom is 0.147 e. The van der Waals surface area contributed by atoms with Crippen LogP contribution in [0.2, 0.25) is 0 Å². The minimum absolute atomic E-state index is 0.711. The molecular weight excluding hydrogens is 258 g/mol. The van der Waals surface area contributed by atoms with E-state index in [9.17, 15) is 0 Å². The molecule has 0 amide bonds. The highest BCUT2D eigenvalue weighted by Crippen LogP contribution is 2.25. The summed E-state index contributed by atoms with van der Waals surface area (Å²) < 4.78 is 4.99. The normalized spacial score (nSPS) is 10.9. The lowest BCUT2D eigenvalue weighted by molar-refractivity contribution is 0.199. The van der Waals surface area contributed by atoms with Crippen molar-refractivity contribution in [3.05, 3.63) is 34.3 Å². The Hall–Kier alpha value is -1.30. The van der Waals surface area contributed by atoms with E-state index >= 15 is 0 Å². The van der Waals surface area contributed by atoms with Crippen molar-refractivity contribution in [2.45, 2.75) is 20.4 Å². The number of ether oxygens (including phenoxy) is 1. The second-order valence-electron chi connectivity index (χ2n) is 4.55. The van der Waals surface area contributed by atoms with Crippen LogP contribution in [0.15, 0.2) is 18.2 Å². The molecule has 0 spiro atoms. The van der Waals surface area contributed by atoms with Crippen LogP contribution in [-0.4, -0.2) is 30.5 Å². The zero-order valence-electron chi connectivity index (χ0n) is 11.6. The summed E-state index contributed by atoms with van der Waals surface area (Å²) >= 11 is 1.64. The fraction of sp³-hybridized carbons (Fsp3) is 0.429. The zero-order chi connectivity index (χ0) is 13.7. The third kappa shape index (κ3) is 4.09. The molecule has 0 aliphatic rings. The van der Waals surface area contributed by atoms with Gasteiger partial charge in [-0.3, -0.25) is 0 Å². The van der Waals surface area contributed by atoms with Crippen molar-refractivity contribution < 1.29 is 4.74 Å². The molecule has 2 aromatic rings. The minimum Gasteiger partial charge on any atom is -0.383 e. The van der Waals surface area contributed by atoms with Gasteiger partial charge in [0.25, 0.3) is 0 Å². The summed E-state index contributed by atoms with van der Waals surface area (Å²) in [6, 6.07) is 6.46. The number of nitrogens with zero attached hydrogens (tertiary/aromatic N) is 2. The van der Waals surface area contributed by atoms with Gasteiger partial charge in [-0.25, -0.2) is 0 Å². The highest BCUT2D eigenvalue weighted by atomic mass is 32.1. The van der Waals surface area contributed by atoms with Crippen LogP contribution in [0.5, 0.6) is 0 Å². The molecule has 0 bridgehead atoms. The summed E-state index contributed by atoms with van der Waals surface area (Å²) in [5.41, 5.74) is 3.66. The largest absolute Gasteiger partial charge is 0.383 e. The number of benzene rings is 1.